The van der Waals surface area contributed by atoms with Crippen LogP contribution in [0.1, 0.15) is 11.1 Å². The molecule has 10 heteroatoms. The minimum Gasteiger partial charge on any atom is -0.350 e. The van der Waals surface area contributed by atoms with Gasteiger partial charge in [0.1, 0.15) is 34.6 Å². The fraction of sp³-hybridized carbons (Fsp3) is 0. The molecule has 176 valence electrons. The average Bonchev–Trinajstić information content (AvgIpc) is 2.89. The second kappa shape index (κ2) is 11.9. The molecule has 0 saturated heterocycles. The maximum absolute atomic E-state index is 11.0. The van der Waals surface area contributed by atoms with Gasteiger partial charge in [-0.25, -0.2) is 0 Å². The van der Waals surface area contributed by atoms with Gasteiger partial charge in [0, 0.05) is 11.4 Å². The van der Waals surface area contributed by atoms with Gasteiger partial charge in [-0.3, -0.25) is 20.2 Å². The Balaban J connectivity index is 0.000000201. The number of nitro groups is 2. The normalized spacial score (nSPS) is 9.50. The summed E-state index contributed by atoms with van der Waals surface area (Å²) in [5.74, 6) is 0. The van der Waals surface area contributed by atoms with Gasteiger partial charge in [-0.1, -0.05) is 48.5 Å². The van der Waals surface area contributed by atoms with Gasteiger partial charge in [-0.05, 0) is 48.5 Å². The average molecular weight is 478 g/mol. The first kappa shape index (κ1) is 24.9. The minimum atomic E-state index is -0.552. The van der Waals surface area contributed by atoms with E-state index >= 15 is 0 Å². The number of para-hydroxylation sites is 4. The molecule has 0 fully saturated rings. The Bertz CT molecular complexity index is 1350. The number of hydrogen-bond acceptors (Lipinski definition) is 8. The summed E-state index contributed by atoms with van der Waals surface area (Å²) in [6, 6.07) is 31.0. The Morgan fingerprint density at radius 2 is 0.917 bits per heavy atom. The fourth-order valence-corrected chi connectivity index (χ4v) is 3.22. The predicted octanol–water partition coefficient (Wildman–Crippen LogP) is 6.42. The lowest BCUT2D eigenvalue weighted by atomic mass is 10.1. The van der Waals surface area contributed by atoms with Crippen LogP contribution in [0.15, 0.2) is 97.1 Å². The second-order valence-corrected chi connectivity index (χ2v) is 7.12. The third kappa shape index (κ3) is 6.19. The van der Waals surface area contributed by atoms with Gasteiger partial charge < -0.3 is 10.6 Å². The van der Waals surface area contributed by atoms with Crippen molar-refractivity contribution < 1.29 is 9.85 Å². The highest BCUT2D eigenvalue weighted by Crippen LogP contribution is 2.31. The predicted molar refractivity (Wildman–Crippen MR) is 135 cm³/mol. The van der Waals surface area contributed by atoms with E-state index in [2.05, 4.69) is 10.6 Å². The van der Waals surface area contributed by atoms with E-state index in [1.54, 1.807) is 48.5 Å². The van der Waals surface area contributed by atoms with E-state index in [0.717, 1.165) is 11.4 Å². The monoisotopic (exact) mass is 478 g/mol. The van der Waals surface area contributed by atoms with Gasteiger partial charge in [0.2, 0.25) is 0 Å². The molecule has 0 saturated carbocycles. The van der Waals surface area contributed by atoms with Gasteiger partial charge in [-0.15, -0.1) is 0 Å². The molecule has 0 unspecified atom stereocenters. The summed E-state index contributed by atoms with van der Waals surface area (Å²) in [6.45, 7) is 0. The van der Waals surface area contributed by atoms with Gasteiger partial charge in [0.15, 0.2) is 0 Å². The molecule has 0 aliphatic carbocycles. The van der Waals surface area contributed by atoms with Crippen LogP contribution >= 0.6 is 0 Å². The molecule has 2 N–H and O–H groups in total. The van der Waals surface area contributed by atoms with E-state index in [4.69, 9.17) is 10.5 Å². The van der Waals surface area contributed by atoms with Crippen molar-refractivity contribution in [1.82, 2.24) is 0 Å². The lowest BCUT2D eigenvalue weighted by Gasteiger charge is -2.07. The molecule has 0 amide bonds. The number of hydrogen-bond donors (Lipinski definition) is 2. The first-order chi connectivity index (χ1) is 17.4. The number of nitrogens with zero attached hydrogens (tertiary/aromatic N) is 4. The third-order valence-electron chi connectivity index (χ3n) is 4.78. The van der Waals surface area contributed by atoms with Crippen molar-refractivity contribution in [2.45, 2.75) is 0 Å². The van der Waals surface area contributed by atoms with Crippen LogP contribution < -0.4 is 10.6 Å². The molecule has 0 spiro atoms. The van der Waals surface area contributed by atoms with Crippen LogP contribution in [0.2, 0.25) is 0 Å². The maximum atomic E-state index is 11.0. The lowest BCUT2D eigenvalue weighted by molar-refractivity contribution is -0.384. The van der Waals surface area contributed by atoms with Crippen molar-refractivity contribution in [2.24, 2.45) is 0 Å². The number of nitro benzene ring substituents is 2. The van der Waals surface area contributed by atoms with E-state index in [1.807, 2.05) is 48.5 Å². The van der Waals surface area contributed by atoms with Crippen molar-refractivity contribution in [2.75, 3.05) is 10.6 Å². The molecule has 36 heavy (non-hydrogen) atoms. The highest BCUT2D eigenvalue weighted by atomic mass is 16.6. The second-order valence-electron chi connectivity index (χ2n) is 7.12. The number of benzene rings is 4. The smallest absolute Gasteiger partial charge is 0.310 e. The van der Waals surface area contributed by atoms with Crippen LogP contribution in [0.4, 0.5) is 34.1 Å². The molecule has 0 atom stereocenters. The van der Waals surface area contributed by atoms with Gasteiger partial charge >= 0.3 is 11.4 Å². The van der Waals surface area contributed by atoms with E-state index in [-0.39, 0.29) is 22.5 Å². The summed E-state index contributed by atoms with van der Waals surface area (Å²) in [4.78, 5) is 20.9. The van der Waals surface area contributed by atoms with Gasteiger partial charge in [0.05, 0.1) is 9.85 Å². The molecule has 0 aromatic heterocycles. The van der Waals surface area contributed by atoms with Gasteiger partial charge in [-0.2, -0.15) is 10.5 Å². The zero-order valence-corrected chi connectivity index (χ0v) is 18.7. The fourth-order valence-electron chi connectivity index (χ4n) is 3.22. The lowest BCUT2D eigenvalue weighted by Crippen LogP contribution is -1.99. The van der Waals surface area contributed by atoms with Crippen LogP contribution in [0.3, 0.4) is 0 Å². The Morgan fingerprint density at radius 1 is 0.556 bits per heavy atom. The summed E-state index contributed by atoms with van der Waals surface area (Å²) in [6.07, 6.45) is 0. The molecule has 4 aromatic carbocycles. The number of nitriles is 2. The summed E-state index contributed by atoms with van der Waals surface area (Å²) >= 11 is 0. The van der Waals surface area contributed by atoms with Crippen LogP contribution in [0.5, 0.6) is 0 Å². The molecule has 10 nitrogen and oxygen atoms in total. The zero-order chi connectivity index (χ0) is 25.9. The quantitative estimate of drug-likeness (QED) is 0.237. The van der Waals surface area contributed by atoms with Gasteiger partial charge in [0.25, 0.3) is 0 Å². The number of rotatable bonds is 6. The topological polar surface area (TPSA) is 158 Å². The Hall–Kier alpha value is -5.74. The standard InChI is InChI=1S/2C13H9N3O2/c2*14-9-10-5-4-8-12(13(10)16(17)18)15-11-6-2-1-3-7-11/h2*1-8,15H. The zero-order valence-electron chi connectivity index (χ0n) is 18.7. The van der Waals surface area contributed by atoms with E-state index < -0.39 is 9.85 Å². The van der Waals surface area contributed by atoms with Crippen molar-refractivity contribution in [3.63, 3.8) is 0 Å². The number of nitrogens with one attached hydrogen (secondary N) is 2. The SMILES string of the molecule is N#Cc1cccc(Nc2ccccc2)c1[N+](=O)[O-].N#Cc1cccc(Nc2ccccc2)c1[N+](=O)[O-]. The summed E-state index contributed by atoms with van der Waals surface area (Å²) < 4.78 is 0. The Morgan fingerprint density at radius 3 is 1.22 bits per heavy atom. The molecule has 0 bridgehead atoms. The van der Waals surface area contributed by atoms with Crippen molar-refractivity contribution >= 4 is 34.1 Å². The molecule has 4 aromatic rings. The summed E-state index contributed by atoms with van der Waals surface area (Å²) in [5.41, 5.74) is 1.76. The van der Waals surface area contributed by atoms with E-state index in [1.165, 1.54) is 12.1 Å². The summed E-state index contributed by atoms with van der Waals surface area (Å²) in [7, 11) is 0. The Labute approximate surface area is 206 Å². The third-order valence-corrected chi connectivity index (χ3v) is 4.78. The van der Waals surface area contributed by atoms with E-state index in [0.29, 0.717) is 11.4 Å². The summed E-state index contributed by atoms with van der Waals surface area (Å²) in [5, 5.41) is 45.6. The largest absolute Gasteiger partial charge is 0.350 e. The van der Waals surface area contributed by atoms with Crippen LogP contribution in [0, 0.1) is 42.9 Å². The molecular weight excluding hydrogens is 460 g/mol. The highest BCUT2D eigenvalue weighted by molar-refractivity contribution is 5.74. The maximum Gasteiger partial charge on any atom is 0.310 e. The van der Waals surface area contributed by atoms with Crippen molar-refractivity contribution in [3.05, 3.63) is 128 Å². The molecule has 0 radical (unpaired) electrons. The first-order valence-corrected chi connectivity index (χ1v) is 10.4. The first-order valence-electron chi connectivity index (χ1n) is 10.4. The molecule has 0 aliphatic rings. The highest BCUT2D eigenvalue weighted by Gasteiger charge is 2.20. The molecular formula is C26H18N6O4. The molecule has 4 rings (SSSR count). The molecule has 0 heterocycles. The van der Waals surface area contributed by atoms with E-state index in [9.17, 15) is 20.2 Å². The van der Waals surface area contributed by atoms with Crippen LogP contribution in [-0.4, -0.2) is 9.85 Å². The molecule has 0 aliphatic heterocycles. The number of anilines is 4. The Kier molecular flexibility index (Phi) is 8.25. The van der Waals surface area contributed by atoms with Crippen LogP contribution in [0.25, 0.3) is 0 Å². The van der Waals surface area contributed by atoms with Crippen molar-refractivity contribution in [3.8, 4) is 12.1 Å². The minimum absolute atomic E-state index is 0.0425. The van der Waals surface area contributed by atoms with Crippen LogP contribution in [-0.2, 0) is 0 Å². The van der Waals surface area contributed by atoms with Crippen molar-refractivity contribution in [1.29, 1.82) is 10.5 Å².